The fourth-order valence-electron chi connectivity index (χ4n) is 5.68. The first-order valence-electron chi connectivity index (χ1n) is 9.01. The summed E-state index contributed by atoms with van der Waals surface area (Å²) in [7, 11) is 0. The van der Waals surface area contributed by atoms with E-state index in [2.05, 4.69) is 46.7 Å². The quantitative estimate of drug-likeness (QED) is 0.921. The number of para-hydroxylation sites is 1. The molecule has 0 unspecified atom stereocenters. The molecule has 2 atom stereocenters. The molecule has 0 spiro atoms. The molecule has 4 heterocycles. The van der Waals surface area contributed by atoms with E-state index in [1.165, 1.54) is 48.1 Å². The molecule has 1 saturated heterocycles. The van der Waals surface area contributed by atoms with Crippen LogP contribution >= 0.6 is 0 Å². The van der Waals surface area contributed by atoms with Crippen LogP contribution in [0.4, 0.5) is 0 Å². The molecule has 0 saturated carbocycles. The molecule has 3 aliphatic heterocycles. The van der Waals surface area contributed by atoms with Gasteiger partial charge in [-0.25, -0.2) is 0 Å². The number of piperidine rings is 1. The third kappa shape index (κ3) is 1.52. The van der Waals surface area contributed by atoms with Crippen molar-refractivity contribution in [3.8, 4) is 0 Å². The lowest BCUT2D eigenvalue weighted by Crippen LogP contribution is -2.59. The molecule has 120 valence electrons. The SMILES string of the molecule is CC[C@@]12c3c4c5ccccc5n3C(CO)=C[C@@H]1CCCN2CC4. The molecule has 23 heavy (non-hydrogen) atoms. The van der Waals surface area contributed by atoms with Crippen LogP contribution in [0.15, 0.2) is 30.3 Å². The summed E-state index contributed by atoms with van der Waals surface area (Å²) in [6.07, 6.45) is 7.18. The van der Waals surface area contributed by atoms with Gasteiger partial charge in [0.2, 0.25) is 0 Å². The lowest BCUT2D eigenvalue weighted by atomic mass is 9.67. The minimum atomic E-state index is 0.126. The van der Waals surface area contributed by atoms with E-state index in [-0.39, 0.29) is 12.1 Å². The molecular formula is C20H24N2O. The smallest absolute Gasteiger partial charge is 0.0833 e. The van der Waals surface area contributed by atoms with Crippen LogP contribution in [0, 0.1) is 5.92 Å². The molecule has 2 aromatic rings. The number of hydrogen-bond acceptors (Lipinski definition) is 2. The van der Waals surface area contributed by atoms with E-state index in [1.54, 1.807) is 0 Å². The van der Waals surface area contributed by atoms with Crippen LogP contribution in [0.3, 0.4) is 0 Å². The van der Waals surface area contributed by atoms with Crippen molar-refractivity contribution in [2.45, 2.75) is 38.1 Å². The van der Waals surface area contributed by atoms with Gasteiger partial charge in [0.25, 0.3) is 0 Å². The summed E-state index contributed by atoms with van der Waals surface area (Å²) < 4.78 is 2.39. The topological polar surface area (TPSA) is 28.4 Å². The van der Waals surface area contributed by atoms with Crippen LogP contribution in [0.1, 0.15) is 37.4 Å². The standard InChI is InChI=1S/C20H24N2O/c1-2-20-14-6-5-10-21(20)11-9-17-16-7-3-4-8-18(16)22(19(17)20)15(12-14)13-23/h3-4,7-8,12,14,23H,2,5-6,9-11,13H2,1H3/t14-,20-/m0/s1. The van der Waals surface area contributed by atoms with E-state index in [1.807, 2.05) is 0 Å². The highest BCUT2D eigenvalue weighted by Gasteiger charge is 2.52. The Morgan fingerprint density at radius 3 is 2.96 bits per heavy atom. The summed E-state index contributed by atoms with van der Waals surface area (Å²) in [5.74, 6) is 0.541. The molecule has 1 N–H and O–H groups in total. The number of aromatic nitrogens is 1. The van der Waals surface area contributed by atoms with Gasteiger partial charge in [-0.1, -0.05) is 31.2 Å². The summed E-state index contributed by atoms with van der Waals surface area (Å²) in [6, 6.07) is 8.75. The van der Waals surface area contributed by atoms with Crippen molar-refractivity contribution in [2.24, 2.45) is 5.92 Å². The zero-order valence-corrected chi connectivity index (χ0v) is 13.8. The van der Waals surface area contributed by atoms with Gasteiger partial charge in [-0.15, -0.1) is 0 Å². The van der Waals surface area contributed by atoms with Crippen LogP contribution in [0.2, 0.25) is 0 Å². The van der Waals surface area contributed by atoms with Crippen LogP contribution in [0.5, 0.6) is 0 Å². The van der Waals surface area contributed by atoms with E-state index in [0.717, 1.165) is 18.5 Å². The summed E-state index contributed by atoms with van der Waals surface area (Å²) in [6.45, 7) is 4.86. The number of hydrogen-bond donors (Lipinski definition) is 1. The number of nitrogens with zero attached hydrogens (tertiary/aromatic N) is 2. The van der Waals surface area contributed by atoms with Gasteiger partial charge in [-0.3, -0.25) is 4.90 Å². The first-order chi connectivity index (χ1) is 11.3. The Labute approximate surface area is 137 Å². The van der Waals surface area contributed by atoms with Crippen LogP contribution in [-0.4, -0.2) is 34.3 Å². The van der Waals surface area contributed by atoms with Gasteiger partial charge in [0.1, 0.15) is 0 Å². The molecule has 3 nitrogen and oxygen atoms in total. The second-order valence-corrected chi connectivity index (χ2v) is 7.26. The van der Waals surface area contributed by atoms with Crippen molar-refractivity contribution >= 4 is 16.6 Å². The van der Waals surface area contributed by atoms with E-state index >= 15 is 0 Å². The van der Waals surface area contributed by atoms with Crippen LogP contribution in [0.25, 0.3) is 16.6 Å². The molecule has 0 radical (unpaired) electrons. The van der Waals surface area contributed by atoms with E-state index in [4.69, 9.17) is 0 Å². The van der Waals surface area contributed by atoms with E-state index in [0.29, 0.717) is 5.92 Å². The third-order valence-electron chi connectivity index (χ3n) is 6.52. The first kappa shape index (κ1) is 13.8. The van der Waals surface area contributed by atoms with Crippen LogP contribution in [-0.2, 0) is 12.0 Å². The number of aliphatic hydroxyl groups is 1. The van der Waals surface area contributed by atoms with E-state index in [9.17, 15) is 5.11 Å². The van der Waals surface area contributed by atoms with Gasteiger partial charge in [0.05, 0.1) is 17.7 Å². The fraction of sp³-hybridized carbons (Fsp3) is 0.500. The lowest BCUT2D eigenvalue weighted by molar-refractivity contribution is -0.0112. The van der Waals surface area contributed by atoms with Gasteiger partial charge in [0.15, 0.2) is 0 Å². The van der Waals surface area contributed by atoms with E-state index < -0.39 is 0 Å². The number of aliphatic hydroxyl groups excluding tert-OH is 1. The summed E-state index contributed by atoms with van der Waals surface area (Å²) in [5, 5.41) is 11.4. The molecule has 5 rings (SSSR count). The van der Waals surface area contributed by atoms with Crippen molar-refractivity contribution in [2.75, 3.05) is 19.7 Å². The highest BCUT2D eigenvalue weighted by molar-refractivity contribution is 5.90. The Morgan fingerprint density at radius 2 is 2.13 bits per heavy atom. The zero-order valence-electron chi connectivity index (χ0n) is 13.8. The number of rotatable bonds is 2. The van der Waals surface area contributed by atoms with Crippen molar-refractivity contribution in [1.82, 2.24) is 9.47 Å². The lowest BCUT2D eigenvalue weighted by Gasteiger charge is -2.56. The fourth-order valence-corrected chi connectivity index (χ4v) is 5.68. The largest absolute Gasteiger partial charge is 0.390 e. The summed E-state index contributed by atoms with van der Waals surface area (Å²) in [4.78, 5) is 2.74. The molecular weight excluding hydrogens is 284 g/mol. The van der Waals surface area contributed by atoms with Gasteiger partial charge in [-0.05, 0) is 43.9 Å². The molecule has 3 heteroatoms. The second-order valence-electron chi connectivity index (χ2n) is 7.26. The van der Waals surface area contributed by atoms with Gasteiger partial charge < -0.3 is 9.67 Å². The Balaban J connectivity index is 1.93. The average molecular weight is 308 g/mol. The van der Waals surface area contributed by atoms with Gasteiger partial charge in [-0.2, -0.15) is 0 Å². The van der Waals surface area contributed by atoms with Crippen molar-refractivity contribution < 1.29 is 5.11 Å². The van der Waals surface area contributed by atoms with Crippen molar-refractivity contribution in [1.29, 1.82) is 0 Å². The van der Waals surface area contributed by atoms with Crippen LogP contribution < -0.4 is 0 Å². The third-order valence-corrected chi connectivity index (χ3v) is 6.52. The Kier molecular flexibility index (Phi) is 2.83. The minimum absolute atomic E-state index is 0.126. The summed E-state index contributed by atoms with van der Waals surface area (Å²) >= 11 is 0. The minimum Gasteiger partial charge on any atom is -0.390 e. The maximum Gasteiger partial charge on any atom is 0.0833 e. The average Bonchev–Trinajstić information content (AvgIpc) is 2.95. The van der Waals surface area contributed by atoms with Gasteiger partial charge >= 0.3 is 0 Å². The highest BCUT2D eigenvalue weighted by atomic mass is 16.3. The molecule has 0 amide bonds. The van der Waals surface area contributed by atoms with Crippen molar-refractivity contribution in [3.05, 3.63) is 41.6 Å². The molecule has 1 aromatic heterocycles. The molecule has 1 fully saturated rings. The molecule has 0 aliphatic carbocycles. The molecule has 0 bridgehead atoms. The zero-order chi connectivity index (χ0) is 15.6. The Bertz CT molecular complexity index is 818. The Hall–Kier alpha value is -1.58. The second kappa shape index (κ2) is 4.71. The maximum atomic E-state index is 10.0. The highest BCUT2D eigenvalue weighted by Crippen LogP contribution is 2.54. The summed E-state index contributed by atoms with van der Waals surface area (Å²) in [5.41, 5.74) is 5.52. The number of benzene rings is 1. The maximum absolute atomic E-state index is 10.0. The first-order valence-corrected chi connectivity index (χ1v) is 9.01. The number of fused-ring (bicyclic) bond motifs is 3. The predicted molar refractivity (Wildman–Crippen MR) is 93.3 cm³/mol. The van der Waals surface area contributed by atoms with Gasteiger partial charge in [0, 0.05) is 29.2 Å². The normalized spacial score (nSPS) is 29.5. The predicted octanol–water partition coefficient (Wildman–Crippen LogP) is 3.36. The monoisotopic (exact) mass is 308 g/mol. The Morgan fingerprint density at radius 1 is 1.26 bits per heavy atom. The van der Waals surface area contributed by atoms with Crippen molar-refractivity contribution in [3.63, 3.8) is 0 Å². The molecule has 3 aliphatic rings. The molecule has 1 aromatic carbocycles.